The van der Waals surface area contributed by atoms with E-state index < -0.39 is 11.2 Å². The summed E-state index contributed by atoms with van der Waals surface area (Å²) >= 11 is 0. The molecule has 490 valence electrons. The summed E-state index contributed by atoms with van der Waals surface area (Å²) in [6.45, 7) is 27.2. The zero-order valence-corrected chi connectivity index (χ0v) is 59.6. The van der Waals surface area contributed by atoms with E-state index in [0.29, 0.717) is 0 Å². The molecule has 2 N–H and O–H groups in total. The summed E-state index contributed by atoms with van der Waals surface area (Å²) in [4.78, 5) is 0. The fraction of sp³-hybridized carbons (Fsp3) is 0.184. The number of rotatable bonds is 7. The van der Waals surface area contributed by atoms with Gasteiger partial charge in [-0.1, -0.05) is 374 Å². The second-order valence-corrected chi connectivity index (χ2v) is 32.1. The Morgan fingerprint density at radius 2 is 0.400 bits per heavy atom. The summed E-state index contributed by atoms with van der Waals surface area (Å²) in [5.41, 5.74) is 21.5. The molecular formula is C98H86O2. The van der Waals surface area contributed by atoms with Crippen LogP contribution in [-0.4, -0.2) is 10.2 Å². The maximum atomic E-state index is 15.0. The predicted molar refractivity (Wildman–Crippen MR) is 422 cm³/mol. The third kappa shape index (κ3) is 10.2. The number of hydrogen-bond acceptors (Lipinski definition) is 2. The van der Waals surface area contributed by atoms with Crippen LogP contribution in [0.2, 0.25) is 0 Å². The topological polar surface area (TPSA) is 40.5 Å². The van der Waals surface area contributed by atoms with Crippen molar-refractivity contribution in [3.8, 4) is 11.1 Å². The van der Waals surface area contributed by atoms with E-state index >= 15 is 10.2 Å². The molecule has 0 amide bonds. The molecule has 0 atom stereocenters. The van der Waals surface area contributed by atoms with Crippen LogP contribution in [-0.2, 0) is 32.9 Å². The molecule has 0 radical (unpaired) electrons. The zero-order valence-electron chi connectivity index (χ0n) is 59.6. The van der Waals surface area contributed by atoms with Crippen molar-refractivity contribution < 1.29 is 10.2 Å². The Hall–Kier alpha value is -10.5. The van der Waals surface area contributed by atoms with Gasteiger partial charge in [0, 0.05) is 33.4 Å². The molecule has 0 bridgehead atoms. The first-order chi connectivity index (χ1) is 48.0. The number of aliphatic hydroxyl groups is 2. The van der Waals surface area contributed by atoms with Crippen LogP contribution in [0.25, 0.3) is 76.5 Å². The summed E-state index contributed by atoms with van der Waals surface area (Å²) in [5, 5.41) is 37.9. The van der Waals surface area contributed by atoms with Crippen molar-refractivity contribution in [2.24, 2.45) is 0 Å². The van der Waals surface area contributed by atoms with Crippen LogP contribution in [0, 0.1) is 0 Å². The van der Waals surface area contributed by atoms with Gasteiger partial charge in [-0.2, -0.15) is 0 Å². The molecule has 2 aliphatic rings. The molecule has 0 aliphatic heterocycles. The van der Waals surface area contributed by atoms with Crippen LogP contribution in [0.15, 0.2) is 291 Å². The van der Waals surface area contributed by atoms with E-state index in [1.54, 1.807) is 0 Å². The first kappa shape index (κ1) is 64.2. The zero-order chi connectivity index (χ0) is 69.4. The van der Waals surface area contributed by atoms with Crippen LogP contribution in [0.5, 0.6) is 0 Å². The van der Waals surface area contributed by atoms with Crippen molar-refractivity contribution in [3.63, 3.8) is 0 Å². The summed E-state index contributed by atoms with van der Waals surface area (Å²) in [7, 11) is 0. The third-order valence-corrected chi connectivity index (χ3v) is 21.8. The van der Waals surface area contributed by atoms with E-state index in [2.05, 4.69) is 374 Å². The van der Waals surface area contributed by atoms with Crippen molar-refractivity contribution in [3.05, 3.63) is 391 Å². The molecule has 0 aromatic heterocycles. The standard InChI is InChI=1S/C98H86O2/c1-93(2,3)65-53-45-61(46-54-65)85(62-47-55-66(56-48-62)94(4,5)6)89-77-37-21-25-41-81(77)97(99,82-42-26-22-38-78(82)89)91-73-33-17-13-29-69(73)87(70-30-14-18-34-74(70)91)88-71-31-15-19-35-75(71)92(76-36-20-16-32-72(76)88)98(100)83-43-27-23-39-79(83)90(80-40-24-28-44-84(80)98)86(63-49-57-67(58-50-63)95(7,8)9)64-51-59-68(60-52-64)96(10,11)12/h13-60,99-100H,1-12H3. The highest BCUT2D eigenvalue weighted by Gasteiger charge is 2.48. The van der Waals surface area contributed by atoms with Crippen molar-refractivity contribution in [2.75, 3.05) is 0 Å². The van der Waals surface area contributed by atoms with Crippen LogP contribution >= 0.6 is 0 Å². The monoisotopic (exact) mass is 1290 g/mol. The summed E-state index contributed by atoms with van der Waals surface area (Å²) < 4.78 is 0. The Morgan fingerprint density at radius 3 is 0.600 bits per heavy atom. The van der Waals surface area contributed by atoms with Crippen molar-refractivity contribution in [2.45, 2.75) is 116 Å². The van der Waals surface area contributed by atoms with Crippen LogP contribution in [0.1, 0.15) is 183 Å². The maximum Gasteiger partial charge on any atom is 0.142 e. The van der Waals surface area contributed by atoms with Crippen molar-refractivity contribution in [1.82, 2.24) is 0 Å². The molecule has 100 heavy (non-hydrogen) atoms. The van der Waals surface area contributed by atoms with Crippen LogP contribution in [0.4, 0.5) is 0 Å². The second-order valence-electron chi connectivity index (χ2n) is 32.1. The highest BCUT2D eigenvalue weighted by molar-refractivity contribution is 6.26. The van der Waals surface area contributed by atoms with Crippen LogP contribution < -0.4 is 0 Å². The number of hydrogen-bond donors (Lipinski definition) is 2. The maximum absolute atomic E-state index is 15.0. The Bertz CT molecular complexity index is 4980. The van der Waals surface area contributed by atoms with Gasteiger partial charge in [0.2, 0.25) is 0 Å². The van der Waals surface area contributed by atoms with Gasteiger partial charge in [-0.05, 0) is 165 Å². The van der Waals surface area contributed by atoms with Gasteiger partial charge in [0.1, 0.15) is 11.2 Å². The summed E-state index contributed by atoms with van der Waals surface area (Å²) in [6.07, 6.45) is 0. The van der Waals surface area contributed by atoms with Gasteiger partial charge in [-0.3, -0.25) is 0 Å². The highest BCUT2D eigenvalue weighted by atomic mass is 16.3. The Kier molecular flexibility index (Phi) is 15.2. The molecule has 0 unspecified atom stereocenters. The fourth-order valence-electron chi connectivity index (χ4n) is 16.8. The molecule has 14 aromatic rings. The van der Waals surface area contributed by atoms with Gasteiger partial charge < -0.3 is 10.2 Å². The molecule has 2 aliphatic carbocycles. The number of benzene rings is 14. The SMILES string of the molecule is CC(C)(C)c1ccc(C(=C2c3ccccc3C(O)(c3c4ccccc4c(-c4c5ccccc5c(C5(O)c6ccccc6C(=C(c6ccc(C(C)(C)C)cc6)c6ccc(C(C)(C)C)cc6)c6ccccc65)c5ccccc45)c4ccccc34)c3ccccc32)c2ccc(C(C)(C)C)cc2)cc1. The van der Waals surface area contributed by atoms with Crippen LogP contribution in [0.3, 0.4) is 0 Å². The van der Waals surface area contributed by atoms with Gasteiger partial charge in [0.25, 0.3) is 0 Å². The second kappa shape index (κ2) is 23.6. The van der Waals surface area contributed by atoms with E-state index in [4.69, 9.17) is 0 Å². The Balaban J connectivity index is 0.949. The molecule has 0 fully saturated rings. The minimum absolute atomic E-state index is 0.0297. The largest absolute Gasteiger partial charge is 0.376 e. The summed E-state index contributed by atoms with van der Waals surface area (Å²) in [5.74, 6) is 0. The molecule has 0 heterocycles. The van der Waals surface area contributed by atoms with Gasteiger partial charge >= 0.3 is 0 Å². The average Bonchev–Trinajstić information content (AvgIpc) is 0.689. The third-order valence-electron chi connectivity index (χ3n) is 21.8. The smallest absolute Gasteiger partial charge is 0.142 e. The lowest BCUT2D eigenvalue weighted by Crippen LogP contribution is -2.35. The molecule has 0 saturated heterocycles. The van der Waals surface area contributed by atoms with E-state index in [1.165, 1.54) is 22.3 Å². The first-order valence-electron chi connectivity index (χ1n) is 35.6. The molecule has 14 aromatic carbocycles. The van der Waals surface area contributed by atoms with Crippen molar-refractivity contribution in [1.29, 1.82) is 0 Å². The molecule has 2 nitrogen and oxygen atoms in total. The lowest BCUT2D eigenvalue weighted by Gasteiger charge is -2.41. The molecular weight excluding hydrogens is 1210 g/mol. The molecule has 0 spiro atoms. The minimum Gasteiger partial charge on any atom is -0.376 e. The average molecular weight is 1300 g/mol. The quantitative estimate of drug-likeness (QED) is 0.156. The van der Waals surface area contributed by atoms with Crippen molar-refractivity contribution >= 4 is 65.4 Å². The lowest BCUT2D eigenvalue weighted by atomic mass is 9.65. The number of fused-ring (bicyclic) bond motifs is 8. The van der Waals surface area contributed by atoms with E-state index in [9.17, 15) is 0 Å². The molecule has 0 saturated carbocycles. The molecule has 2 heteroatoms. The first-order valence-corrected chi connectivity index (χ1v) is 35.6. The predicted octanol–water partition coefficient (Wildman–Crippen LogP) is 24.4. The minimum atomic E-state index is -1.65. The normalized spacial score (nSPS) is 16.1. The Morgan fingerprint density at radius 1 is 0.220 bits per heavy atom. The van der Waals surface area contributed by atoms with Gasteiger partial charge in [-0.25, -0.2) is 0 Å². The van der Waals surface area contributed by atoms with Gasteiger partial charge in [0.15, 0.2) is 0 Å². The van der Waals surface area contributed by atoms with Gasteiger partial charge in [-0.15, -0.1) is 0 Å². The molecule has 16 rings (SSSR count). The van der Waals surface area contributed by atoms with E-state index in [1.807, 2.05) is 0 Å². The highest BCUT2D eigenvalue weighted by Crippen LogP contribution is 2.59. The van der Waals surface area contributed by atoms with E-state index in [0.717, 1.165) is 154 Å². The lowest BCUT2D eigenvalue weighted by molar-refractivity contribution is 0.126. The van der Waals surface area contributed by atoms with Gasteiger partial charge in [0.05, 0.1) is 0 Å². The van der Waals surface area contributed by atoms with E-state index in [-0.39, 0.29) is 21.7 Å². The Labute approximate surface area is 590 Å². The summed E-state index contributed by atoms with van der Waals surface area (Å²) in [6, 6.07) is 106. The fourth-order valence-corrected chi connectivity index (χ4v) is 16.8.